The molecule has 0 aliphatic heterocycles. The van der Waals surface area contributed by atoms with E-state index in [0.717, 1.165) is 24.2 Å². The van der Waals surface area contributed by atoms with E-state index >= 15 is 0 Å². The average Bonchev–Trinajstić information content (AvgIpc) is 3.15. The fraction of sp³-hybridized carbons (Fsp3) is 0.333. The van der Waals surface area contributed by atoms with Crippen LogP contribution in [-0.4, -0.2) is 11.1 Å². The molecule has 1 N–H and O–H groups in total. The van der Waals surface area contributed by atoms with Gasteiger partial charge in [-0.1, -0.05) is 29.4 Å². The van der Waals surface area contributed by atoms with Crippen molar-refractivity contribution >= 4 is 5.91 Å². The minimum absolute atomic E-state index is 0.182. The quantitative estimate of drug-likeness (QED) is 0.915. The van der Waals surface area contributed by atoms with E-state index in [2.05, 4.69) is 10.5 Å². The van der Waals surface area contributed by atoms with Gasteiger partial charge in [0.1, 0.15) is 5.76 Å². The van der Waals surface area contributed by atoms with Gasteiger partial charge in [0.05, 0.1) is 0 Å². The van der Waals surface area contributed by atoms with Gasteiger partial charge in [0.15, 0.2) is 5.69 Å². The van der Waals surface area contributed by atoms with Crippen LogP contribution in [0.25, 0.3) is 0 Å². The Morgan fingerprint density at radius 1 is 1.42 bits per heavy atom. The molecule has 4 nitrogen and oxygen atoms in total. The van der Waals surface area contributed by atoms with Crippen LogP contribution in [0.5, 0.6) is 0 Å². The Morgan fingerprint density at radius 3 is 2.95 bits per heavy atom. The molecule has 0 saturated heterocycles. The largest absolute Gasteiger partial charge is 0.360 e. The van der Waals surface area contributed by atoms with Crippen LogP contribution < -0.4 is 5.32 Å². The van der Waals surface area contributed by atoms with E-state index in [9.17, 15) is 4.79 Å². The molecule has 1 saturated carbocycles. The molecule has 0 bridgehead atoms. The van der Waals surface area contributed by atoms with Crippen molar-refractivity contribution in [1.29, 1.82) is 0 Å². The zero-order valence-corrected chi connectivity index (χ0v) is 10.8. The lowest BCUT2D eigenvalue weighted by Crippen LogP contribution is -2.23. The third-order valence-electron chi connectivity index (χ3n) is 3.44. The summed E-state index contributed by atoms with van der Waals surface area (Å²) in [6.07, 6.45) is 2.28. The van der Waals surface area contributed by atoms with Crippen LogP contribution >= 0.6 is 0 Å². The Bertz CT molecular complexity index is 600. The molecule has 0 spiro atoms. The van der Waals surface area contributed by atoms with Crippen molar-refractivity contribution in [3.63, 3.8) is 0 Å². The summed E-state index contributed by atoms with van der Waals surface area (Å²) in [5.41, 5.74) is 2.65. The van der Waals surface area contributed by atoms with E-state index in [1.54, 1.807) is 6.07 Å². The first-order chi connectivity index (χ1) is 9.24. The lowest BCUT2D eigenvalue weighted by atomic mass is 10.1. The number of amides is 1. The van der Waals surface area contributed by atoms with Crippen molar-refractivity contribution < 1.29 is 9.32 Å². The first-order valence-corrected chi connectivity index (χ1v) is 6.53. The summed E-state index contributed by atoms with van der Waals surface area (Å²) in [6.45, 7) is 2.54. The monoisotopic (exact) mass is 256 g/mol. The van der Waals surface area contributed by atoms with Gasteiger partial charge in [-0.05, 0) is 30.9 Å². The van der Waals surface area contributed by atoms with Crippen molar-refractivity contribution in [3.05, 3.63) is 52.9 Å². The Balaban J connectivity index is 1.63. The number of rotatable bonds is 4. The van der Waals surface area contributed by atoms with E-state index in [0.29, 0.717) is 18.2 Å². The van der Waals surface area contributed by atoms with E-state index in [4.69, 9.17) is 4.52 Å². The van der Waals surface area contributed by atoms with Crippen molar-refractivity contribution in [2.75, 3.05) is 0 Å². The molecule has 3 rings (SSSR count). The van der Waals surface area contributed by atoms with Crippen molar-refractivity contribution in [1.82, 2.24) is 10.5 Å². The molecule has 1 aromatic carbocycles. The molecule has 19 heavy (non-hydrogen) atoms. The zero-order chi connectivity index (χ0) is 13.2. The summed E-state index contributed by atoms with van der Waals surface area (Å²) < 4.78 is 5.17. The number of nitrogens with zero attached hydrogens (tertiary/aromatic N) is 1. The molecule has 0 unspecified atom stereocenters. The molecule has 0 atom stereocenters. The number of benzene rings is 1. The summed E-state index contributed by atoms with van der Waals surface area (Å²) in [7, 11) is 0. The maximum atomic E-state index is 12.0. The minimum atomic E-state index is -0.182. The van der Waals surface area contributed by atoms with Crippen LogP contribution in [0.15, 0.2) is 34.9 Å². The summed E-state index contributed by atoms with van der Waals surface area (Å²) in [4.78, 5) is 12.0. The predicted octanol–water partition coefficient (Wildman–Crippen LogP) is 2.79. The van der Waals surface area contributed by atoms with Crippen molar-refractivity contribution in [3.8, 4) is 0 Å². The second kappa shape index (κ2) is 4.88. The van der Waals surface area contributed by atoms with Gasteiger partial charge in [-0.15, -0.1) is 0 Å². The molecule has 1 aliphatic carbocycles. The SMILES string of the molecule is Cc1ccccc1CNC(=O)c1cc(C2CC2)on1. The van der Waals surface area contributed by atoms with Crippen LogP contribution in [0.3, 0.4) is 0 Å². The second-order valence-electron chi connectivity index (χ2n) is 5.00. The van der Waals surface area contributed by atoms with Gasteiger partial charge in [0.2, 0.25) is 0 Å². The topological polar surface area (TPSA) is 55.1 Å². The number of carbonyl (C=O) groups is 1. The highest BCUT2D eigenvalue weighted by atomic mass is 16.5. The summed E-state index contributed by atoms with van der Waals surface area (Å²) in [5, 5.41) is 6.69. The van der Waals surface area contributed by atoms with Gasteiger partial charge in [0.25, 0.3) is 5.91 Å². The first kappa shape index (κ1) is 12.0. The van der Waals surface area contributed by atoms with Crippen LogP contribution in [0, 0.1) is 6.92 Å². The second-order valence-corrected chi connectivity index (χ2v) is 5.00. The fourth-order valence-corrected chi connectivity index (χ4v) is 2.03. The van der Waals surface area contributed by atoms with Crippen LogP contribution in [0.2, 0.25) is 0 Å². The lowest BCUT2D eigenvalue weighted by Gasteiger charge is -2.05. The fourth-order valence-electron chi connectivity index (χ4n) is 2.03. The molecule has 1 heterocycles. The van der Waals surface area contributed by atoms with E-state index in [1.165, 1.54) is 5.56 Å². The highest BCUT2D eigenvalue weighted by Crippen LogP contribution is 2.40. The third kappa shape index (κ3) is 2.67. The van der Waals surface area contributed by atoms with Gasteiger partial charge in [-0.3, -0.25) is 4.79 Å². The number of carbonyl (C=O) groups excluding carboxylic acids is 1. The molecule has 4 heteroatoms. The highest BCUT2D eigenvalue weighted by Gasteiger charge is 2.28. The molecular weight excluding hydrogens is 240 g/mol. The number of aromatic nitrogens is 1. The number of hydrogen-bond acceptors (Lipinski definition) is 3. The molecule has 1 fully saturated rings. The maximum Gasteiger partial charge on any atom is 0.273 e. The average molecular weight is 256 g/mol. The third-order valence-corrected chi connectivity index (χ3v) is 3.44. The Morgan fingerprint density at radius 2 is 2.21 bits per heavy atom. The first-order valence-electron chi connectivity index (χ1n) is 6.53. The normalized spacial score (nSPS) is 14.4. The van der Waals surface area contributed by atoms with Crippen LogP contribution in [0.1, 0.15) is 46.1 Å². The minimum Gasteiger partial charge on any atom is -0.360 e. The van der Waals surface area contributed by atoms with Gasteiger partial charge >= 0.3 is 0 Å². The zero-order valence-electron chi connectivity index (χ0n) is 10.8. The van der Waals surface area contributed by atoms with Gasteiger partial charge < -0.3 is 9.84 Å². The molecule has 1 amide bonds. The summed E-state index contributed by atoms with van der Waals surface area (Å²) in [6, 6.07) is 9.75. The highest BCUT2D eigenvalue weighted by molar-refractivity contribution is 5.92. The van der Waals surface area contributed by atoms with Crippen molar-refractivity contribution in [2.45, 2.75) is 32.2 Å². The van der Waals surface area contributed by atoms with E-state index in [-0.39, 0.29) is 5.91 Å². The van der Waals surface area contributed by atoms with Gasteiger partial charge in [-0.2, -0.15) is 0 Å². The van der Waals surface area contributed by atoms with E-state index in [1.807, 2.05) is 31.2 Å². The molecular formula is C15H16N2O2. The van der Waals surface area contributed by atoms with Crippen LogP contribution in [0.4, 0.5) is 0 Å². The standard InChI is InChI=1S/C15H16N2O2/c1-10-4-2-3-5-12(10)9-16-15(18)13-8-14(19-17-13)11-6-7-11/h2-5,8,11H,6-7,9H2,1H3,(H,16,18). The molecule has 0 radical (unpaired) electrons. The Labute approximate surface area is 111 Å². The summed E-state index contributed by atoms with van der Waals surface area (Å²) >= 11 is 0. The number of aryl methyl sites for hydroxylation is 1. The smallest absolute Gasteiger partial charge is 0.273 e. The van der Waals surface area contributed by atoms with Crippen LogP contribution in [-0.2, 0) is 6.54 Å². The Kier molecular flexibility index (Phi) is 3.07. The predicted molar refractivity (Wildman–Crippen MR) is 70.8 cm³/mol. The number of hydrogen-bond donors (Lipinski definition) is 1. The molecule has 1 aliphatic rings. The molecule has 1 aromatic heterocycles. The van der Waals surface area contributed by atoms with Gasteiger partial charge in [0, 0.05) is 18.5 Å². The lowest BCUT2D eigenvalue weighted by molar-refractivity contribution is 0.0941. The maximum absolute atomic E-state index is 12.0. The summed E-state index contributed by atoms with van der Waals surface area (Å²) in [5.74, 6) is 1.13. The number of nitrogens with one attached hydrogen (secondary N) is 1. The molecule has 98 valence electrons. The molecule has 2 aromatic rings. The van der Waals surface area contributed by atoms with Gasteiger partial charge in [-0.25, -0.2) is 0 Å². The van der Waals surface area contributed by atoms with E-state index < -0.39 is 0 Å². The van der Waals surface area contributed by atoms with Crippen molar-refractivity contribution in [2.24, 2.45) is 0 Å². The Hall–Kier alpha value is -2.10.